The lowest BCUT2D eigenvalue weighted by Crippen LogP contribution is -2.36. The molecule has 0 saturated heterocycles. The highest BCUT2D eigenvalue weighted by Crippen LogP contribution is 1.96. The first-order chi connectivity index (χ1) is 7.13. The minimum absolute atomic E-state index is 0. The van der Waals surface area contributed by atoms with Crippen molar-refractivity contribution in [2.45, 2.75) is 38.4 Å². The summed E-state index contributed by atoms with van der Waals surface area (Å²) in [6.45, 7) is 2.61. The van der Waals surface area contributed by atoms with Crippen LogP contribution in [0.1, 0.15) is 26.2 Å². The lowest BCUT2D eigenvalue weighted by molar-refractivity contribution is -0.123. The fourth-order valence-electron chi connectivity index (χ4n) is 1.21. The molecule has 1 amide bonds. The highest BCUT2D eigenvalue weighted by Gasteiger charge is 2.12. The third-order valence-corrected chi connectivity index (χ3v) is 2.17. The lowest BCUT2D eigenvalue weighted by atomic mass is 10.2. The van der Waals surface area contributed by atoms with Gasteiger partial charge in [0.15, 0.2) is 0 Å². The number of hydrogen-bond acceptors (Lipinski definition) is 4. The molecule has 0 aromatic heterocycles. The van der Waals surface area contributed by atoms with Gasteiger partial charge in [-0.15, -0.1) is 12.4 Å². The zero-order valence-corrected chi connectivity index (χ0v) is 10.8. The molecule has 0 aliphatic carbocycles. The Labute approximate surface area is 103 Å². The summed E-state index contributed by atoms with van der Waals surface area (Å²) in [5, 5.41) is 12.0. The molecule has 0 radical (unpaired) electrons. The van der Waals surface area contributed by atoms with Crippen LogP contribution in [0.2, 0.25) is 0 Å². The number of aliphatic hydroxyl groups is 1. The van der Waals surface area contributed by atoms with Crippen molar-refractivity contribution >= 4 is 18.3 Å². The van der Waals surface area contributed by atoms with Crippen LogP contribution >= 0.6 is 12.4 Å². The molecular formula is C10H23ClN2O3. The number of methoxy groups -OCH3 is 1. The van der Waals surface area contributed by atoms with Gasteiger partial charge in [-0.25, -0.2) is 0 Å². The van der Waals surface area contributed by atoms with Crippen LogP contribution in [0.15, 0.2) is 0 Å². The van der Waals surface area contributed by atoms with Gasteiger partial charge in [0.2, 0.25) is 5.91 Å². The zero-order chi connectivity index (χ0) is 11.7. The van der Waals surface area contributed by atoms with E-state index in [0.29, 0.717) is 19.5 Å². The highest BCUT2D eigenvalue weighted by atomic mass is 35.5. The van der Waals surface area contributed by atoms with E-state index in [2.05, 4.69) is 5.32 Å². The van der Waals surface area contributed by atoms with Crippen LogP contribution in [0.4, 0.5) is 0 Å². The molecule has 0 fully saturated rings. The van der Waals surface area contributed by atoms with Gasteiger partial charge in [-0.3, -0.25) is 4.79 Å². The van der Waals surface area contributed by atoms with E-state index in [9.17, 15) is 9.90 Å². The number of carbonyl (C=O) groups excluding carboxylic acids is 1. The number of aliphatic hydroxyl groups excluding tert-OH is 1. The minimum atomic E-state index is -0.460. The Balaban J connectivity index is 0. The molecule has 0 aliphatic heterocycles. The monoisotopic (exact) mass is 254 g/mol. The van der Waals surface area contributed by atoms with E-state index in [-0.39, 0.29) is 30.8 Å². The van der Waals surface area contributed by atoms with Crippen molar-refractivity contribution in [1.29, 1.82) is 0 Å². The number of rotatable bonds is 8. The van der Waals surface area contributed by atoms with Gasteiger partial charge in [-0.05, 0) is 6.42 Å². The van der Waals surface area contributed by atoms with E-state index in [1.807, 2.05) is 6.92 Å². The molecule has 0 saturated carbocycles. The summed E-state index contributed by atoms with van der Waals surface area (Å²) >= 11 is 0. The molecule has 98 valence electrons. The quantitative estimate of drug-likeness (QED) is 0.572. The first kappa shape index (κ1) is 18.0. The summed E-state index contributed by atoms with van der Waals surface area (Å²) < 4.78 is 4.98. The Morgan fingerprint density at radius 2 is 2.19 bits per heavy atom. The normalized spacial score (nSPS) is 13.8. The van der Waals surface area contributed by atoms with Gasteiger partial charge in [0.1, 0.15) is 0 Å². The van der Waals surface area contributed by atoms with Gasteiger partial charge < -0.3 is 20.9 Å². The standard InChI is InChI=1S/C10H22N2O3.ClH/c1-3-4-8(13)7-12-10(14)5-9(6-11)15-2;/h8-9,13H,3-7,11H2,1-2H3,(H,12,14);1H. The Morgan fingerprint density at radius 1 is 1.56 bits per heavy atom. The van der Waals surface area contributed by atoms with E-state index < -0.39 is 6.10 Å². The Bertz CT molecular complexity index is 177. The van der Waals surface area contributed by atoms with Crippen LogP contribution < -0.4 is 11.1 Å². The van der Waals surface area contributed by atoms with Crippen LogP contribution in [0.3, 0.4) is 0 Å². The van der Waals surface area contributed by atoms with Crippen molar-refractivity contribution < 1.29 is 14.6 Å². The van der Waals surface area contributed by atoms with Crippen molar-refractivity contribution in [1.82, 2.24) is 5.32 Å². The number of hydrogen-bond donors (Lipinski definition) is 3. The van der Waals surface area contributed by atoms with Crippen molar-refractivity contribution in [2.24, 2.45) is 5.73 Å². The fourth-order valence-corrected chi connectivity index (χ4v) is 1.21. The minimum Gasteiger partial charge on any atom is -0.391 e. The predicted molar refractivity (Wildman–Crippen MR) is 65.6 cm³/mol. The van der Waals surface area contributed by atoms with Gasteiger partial charge in [0, 0.05) is 20.2 Å². The van der Waals surface area contributed by atoms with Crippen LogP contribution in [0.5, 0.6) is 0 Å². The molecule has 0 aromatic rings. The van der Waals surface area contributed by atoms with Crippen LogP contribution in [-0.2, 0) is 9.53 Å². The predicted octanol–water partition coefficient (Wildman–Crippen LogP) is 0.0492. The lowest BCUT2D eigenvalue weighted by Gasteiger charge is -2.14. The maximum atomic E-state index is 11.3. The van der Waals surface area contributed by atoms with Gasteiger partial charge in [-0.2, -0.15) is 0 Å². The molecule has 6 heteroatoms. The summed E-state index contributed by atoms with van der Waals surface area (Å²) in [6.07, 6.45) is 1.14. The highest BCUT2D eigenvalue weighted by molar-refractivity contribution is 5.85. The van der Waals surface area contributed by atoms with E-state index in [1.165, 1.54) is 7.11 Å². The van der Waals surface area contributed by atoms with Crippen molar-refractivity contribution in [2.75, 3.05) is 20.2 Å². The number of nitrogens with two attached hydrogens (primary N) is 1. The van der Waals surface area contributed by atoms with Crippen LogP contribution in [0, 0.1) is 0 Å². The topological polar surface area (TPSA) is 84.6 Å². The second-order valence-corrected chi connectivity index (χ2v) is 3.54. The van der Waals surface area contributed by atoms with E-state index >= 15 is 0 Å². The average molecular weight is 255 g/mol. The van der Waals surface area contributed by atoms with Crippen molar-refractivity contribution in [3.05, 3.63) is 0 Å². The van der Waals surface area contributed by atoms with Gasteiger partial charge in [0.25, 0.3) is 0 Å². The van der Waals surface area contributed by atoms with Gasteiger partial charge >= 0.3 is 0 Å². The molecule has 0 heterocycles. The van der Waals surface area contributed by atoms with Gasteiger partial charge in [0.05, 0.1) is 18.6 Å². The molecule has 16 heavy (non-hydrogen) atoms. The first-order valence-corrected chi connectivity index (χ1v) is 5.31. The van der Waals surface area contributed by atoms with Gasteiger partial charge in [-0.1, -0.05) is 13.3 Å². The molecule has 0 aromatic carbocycles. The van der Waals surface area contributed by atoms with E-state index in [1.54, 1.807) is 0 Å². The smallest absolute Gasteiger partial charge is 0.222 e. The van der Waals surface area contributed by atoms with Crippen molar-refractivity contribution in [3.8, 4) is 0 Å². The Kier molecular flexibility index (Phi) is 12.5. The zero-order valence-electron chi connectivity index (χ0n) is 9.94. The summed E-state index contributed by atoms with van der Waals surface area (Å²) in [5.74, 6) is -0.137. The third kappa shape index (κ3) is 8.91. The Morgan fingerprint density at radius 3 is 2.62 bits per heavy atom. The van der Waals surface area contributed by atoms with Crippen LogP contribution in [0.25, 0.3) is 0 Å². The molecule has 0 spiro atoms. The summed E-state index contributed by atoms with van der Waals surface area (Å²) in [5.41, 5.74) is 5.38. The molecule has 5 nitrogen and oxygen atoms in total. The first-order valence-electron chi connectivity index (χ1n) is 5.31. The number of halogens is 1. The average Bonchev–Trinajstić information content (AvgIpc) is 2.23. The largest absolute Gasteiger partial charge is 0.391 e. The molecule has 4 N–H and O–H groups in total. The number of carbonyl (C=O) groups is 1. The molecular weight excluding hydrogens is 232 g/mol. The third-order valence-electron chi connectivity index (χ3n) is 2.17. The molecule has 0 bridgehead atoms. The number of nitrogens with one attached hydrogen (secondary N) is 1. The second-order valence-electron chi connectivity index (χ2n) is 3.54. The SMILES string of the molecule is CCCC(O)CNC(=O)CC(CN)OC.Cl. The summed E-state index contributed by atoms with van der Waals surface area (Å²) in [4.78, 5) is 11.3. The molecule has 0 rings (SSSR count). The van der Waals surface area contributed by atoms with E-state index in [4.69, 9.17) is 10.5 Å². The number of amides is 1. The van der Waals surface area contributed by atoms with Crippen LogP contribution in [-0.4, -0.2) is 43.4 Å². The fraction of sp³-hybridized carbons (Fsp3) is 0.900. The molecule has 2 atom stereocenters. The summed E-state index contributed by atoms with van der Waals surface area (Å²) in [6, 6.07) is 0. The number of ether oxygens (including phenoxy) is 1. The van der Waals surface area contributed by atoms with Crippen molar-refractivity contribution in [3.63, 3.8) is 0 Å². The summed E-state index contributed by atoms with van der Waals surface area (Å²) in [7, 11) is 1.52. The van der Waals surface area contributed by atoms with E-state index in [0.717, 1.165) is 6.42 Å². The maximum absolute atomic E-state index is 11.3. The second kappa shape index (κ2) is 11.1. The Hall–Kier alpha value is -0.360. The molecule has 0 aliphatic rings. The maximum Gasteiger partial charge on any atom is 0.222 e. The molecule has 2 unspecified atom stereocenters.